The summed E-state index contributed by atoms with van der Waals surface area (Å²) in [6.07, 6.45) is 0. The molecule has 0 saturated carbocycles. The molecule has 3 rings (SSSR count). The third-order valence-corrected chi connectivity index (χ3v) is 3.26. The molecule has 0 aliphatic carbocycles. The number of halogens is 1. The molecule has 0 aliphatic heterocycles. The van der Waals surface area contributed by atoms with Crippen molar-refractivity contribution in [1.29, 1.82) is 0 Å². The fourth-order valence-electron chi connectivity index (χ4n) is 2.08. The van der Waals surface area contributed by atoms with E-state index in [9.17, 15) is 0 Å². The maximum absolute atomic E-state index is 5.82. The quantitative estimate of drug-likeness (QED) is 0.558. The topological polar surface area (TPSA) is 78.3 Å². The maximum Gasteiger partial charge on any atom is 0.183 e. The maximum atomic E-state index is 5.82. The Kier molecular flexibility index (Phi) is 3.53. The van der Waals surface area contributed by atoms with Crippen molar-refractivity contribution in [1.82, 2.24) is 15.2 Å². The molecule has 2 aromatic heterocycles. The molecule has 0 aliphatic rings. The number of nitrogens with zero attached hydrogens (tertiary/aromatic N) is 4. The molecule has 0 spiro atoms. The highest BCUT2D eigenvalue weighted by Gasteiger charge is 2.09. The second-order valence-corrected chi connectivity index (χ2v) is 5.11. The van der Waals surface area contributed by atoms with Gasteiger partial charge in [-0.2, -0.15) is 5.10 Å². The van der Waals surface area contributed by atoms with Crippen LogP contribution in [0.3, 0.4) is 0 Å². The van der Waals surface area contributed by atoms with Crippen molar-refractivity contribution < 1.29 is 0 Å². The molecule has 0 radical (unpaired) electrons. The predicted molar refractivity (Wildman–Crippen MR) is 83.0 cm³/mol. The molecule has 3 aromatic rings. The van der Waals surface area contributed by atoms with E-state index in [1.54, 1.807) is 12.1 Å². The monoisotopic (exact) mass is 300 g/mol. The summed E-state index contributed by atoms with van der Waals surface area (Å²) in [5, 5.41) is 16.6. The van der Waals surface area contributed by atoms with Gasteiger partial charge in [0.15, 0.2) is 11.5 Å². The van der Waals surface area contributed by atoms with Gasteiger partial charge in [0.25, 0.3) is 0 Å². The molecule has 0 unspecified atom stereocenters. The number of H-pyrrole nitrogens is 1. The first-order valence-electron chi connectivity index (χ1n) is 6.38. The van der Waals surface area contributed by atoms with Gasteiger partial charge in [-0.25, -0.2) is 4.98 Å². The zero-order valence-corrected chi connectivity index (χ0v) is 12.3. The lowest BCUT2D eigenvalue weighted by molar-refractivity contribution is 1.04. The Morgan fingerprint density at radius 2 is 1.95 bits per heavy atom. The van der Waals surface area contributed by atoms with E-state index in [0.717, 1.165) is 22.3 Å². The van der Waals surface area contributed by atoms with Crippen LogP contribution in [-0.4, -0.2) is 15.2 Å². The van der Waals surface area contributed by atoms with Crippen LogP contribution in [0.1, 0.15) is 11.3 Å². The van der Waals surface area contributed by atoms with Gasteiger partial charge in [-0.05, 0) is 49.7 Å². The fraction of sp³-hybridized carbons (Fsp3) is 0.143. The zero-order valence-electron chi connectivity index (χ0n) is 11.6. The minimum absolute atomic E-state index is 0.580. The van der Waals surface area contributed by atoms with Crippen LogP contribution in [0.5, 0.6) is 0 Å². The van der Waals surface area contributed by atoms with Crippen molar-refractivity contribution in [2.45, 2.75) is 13.8 Å². The molecule has 6 nitrogen and oxygen atoms in total. The van der Waals surface area contributed by atoms with Gasteiger partial charge in [-0.3, -0.25) is 10.5 Å². The van der Waals surface area contributed by atoms with Crippen LogP contribution in [0, 0.1) is 13.8 Å². The summed E-state index contributed by atoms with van der Waals surface area (Å²) in [7, 11) is 0. The molecule has 2 heterocycles. The van der Waals surface area contributed by atoms with Crippen LogP contribution >= 0.6 is 11.6 Å². The van der Waals surface area contributed by atoms with Crippen LogP contribution < -0.4 is 5.43 Å². The number of aromatic amines is 1. The Balaban J connectivity index is 1.84. The molecular weight excluding hydrogens is 288 g/mol. The SMILES string of the molecule is Cc1cc(C)c2c(/N=N/Nc3ccc(Cl)cc3)[nH]nc2n1. The van der Waals surface area contributed by atoms with Crippen molar-refractivity contribution in [3.05, 3.63) is 46.6 Å². The zero-order chi connectivity index (χ0) is 14.8. The Hall–Kier alpha value is -2.47. The highest BCUT2D eigenvalue weighted by Crippen LogP contribution is 2.26. The van der Waals surface area contributed by atoms with Crippen LogP contribution in [0.25, 0.3) is 11.0 Å². The molecule has 0 bridgehead atoms. The van der Waals surface area contributed by atoms with E-state index in [2.05, 4.69) is 30.9 Å². The van der Waals surface area contributed by atoms with Gasteiger partial charge >= 0.3 is 0 Å². The molecule has 1 aromatic carbocycles. The number of rotatable bonds is 3. The number of hydrogen-bond donors (Lipinski definition) is 2. The van der Waals surface area contributed by atoms with Gasteiger partial charge in [-0.15, -0.1) is 5.11 Å². The van der Waals surface area contributed by atoms with Gasteiger partial charge in [-0.1, -0.05) is 16.8 Å². The first-order valence-corrected chi connectivity index (χ1v) is 6.76. The summed E-state index contributed by atoms with van der Waals surface area (Å²) < 4.78 is 0. The molecule has 0 amide bonds. The number of aromatic nitrogens is 3. The third kappa shape index (κ3) is 2.85. The minimum Gasteiger partial charge on any atom is -0.260 e. The number of aryl methyl sites for hydroxylation is 2. The average molecular weight is 301 g/mol. The summed E-state index contributed by atoms with van der Waals surface area (Å²) in [4.78, 5) is 4.35. The number of hydrogen-bond acceptors (Lipinski definition) is 4. The Labute approximate surface area is 126 Å². The first kappa shape index (κ1) is 13.5. The third-order valence-electron chi connectivity index (χ3n) is 3.00. The van der Waals surface area contributed by atoms with Gasteiger partial charge < -0.3 is 0 Å². The number of benzene rings is 1. The van der Waals surface area contributed by atoms with Gasteiger partial charge in [0, 0.05) is 10.7 Å². The van der Waals surface area contributed by atoms with E-state index in [0.29, 0.717) is 16.5 Å². The Bertz CT molecular complexity index is 806. The molecule has 0 atom stereocenters. The van der Waals surface area contributed by atoms with Crippen molar-refractivity contribution in [3.8, 4) is 0 Å². The second-order valence-electron chi connectivity index (χ2n) is 4.67. The van der Waals surface area contributed by atoms with Crippen LogP contribution in [0.2, 0.25) is 5.02 Å². The predicted octanol–water partition coefficient (Wildman–Crippen LogP) is 4.34. The van der Waals surface area contributed by atoms with E-state index < -0.39 is 0 Å². The van der Waals surface area contributed by atoms with Crippen molar-refractivity contribution in [2.24, 2.45) is 10.3 Å². The molecule has 2 N–H and O–H groups in total. The number of anilines is 1. The molecule has 106 valence electrons. The van der Waals surface area contributed by atoms with Crippen molar-refractivity contribution in [2.75, 3.05) is 5.43 Å². The smallest absolute Gasteiger partial charge is 0.183 e. The summed E-state index contributed by atoms with van der Waals surface area (Å²) in [6.45, 7) is 3.93. The summed E-state index contributed by atoms with van der Waals surface area (Å²) in [6, 6.07) is 9.19. The standard InChI is InChI=1S/C14H13ClN6/c1-8-7-9(2)16-13-12(8)14(19-18-13)20-21-17-11-5-3-10(15)4-6-11/h3-7H,1-2H3,(H2,16,17,18,19,20). The second kappa shape index (κ2) is 5.49. The normalized spacial score (nSPS) is 11.4. The van der Waals surface area contributed by atoms with Crippen LogP contribution in [0.15, 0.2) is 40.7 Å². The van der Waals surface area contributed by atoms with E-state index >= 15 is 0 Å². The number of pyridine rings is 1. The molecule has 21 heavy (non-hydrogen) atoms. The van der Waals surface area contributed by atoms with Crippen molar-refractivity contribution in [3.63, 3.8) is 0 Å². The molecule has 0 saturated heterocycles. The highest BCUT2D eigenvalue weighted by atomic mass is 35.5. The molecule has 7 heteroatoms. The highest BCUT2D eigenvalue weighted by molar-refractivity contribution is 6.30. The molecule has 0 fully saturated rings. The average Bonchev–Trinajstić information content (AvgIpc) is 2.84. The van der Waals surface area contributed by atoms with Gasteiger partial charge in [0.1, 0.15) is 0 Å². The first-order chi connectivity index (χ1) is 10.1. The van der Waals surface area contributed by atoms with Gasteiger partial charge in [0.05, 0.1) is 11.1 Å². The van der Waals surface area contributed by atoms with E-state index in [1.165, 1.54) is 0 Å². The van der Waals surface area contributed by atoms with Crippen LogP contribution in [-0.2, 0) is 0 Å². The van der Waals surface area contributed by atoms with Crippen LogP contribution in [0.4, 0.5) is 11.5 Å². The Morgan fingerprint density at radius 1 is 1.19 bits per heavy atom. The molecular formula is C14H13ClN6. The van der Waals surface area contributed by atoms with Crippen molar-refractivity contribution >= 4 is 34.1 Å². The Morgan fingerprint density at radius 3 is 2.71 bits per heavy atom. The number of fused-ring (bicyclic) bond motifs is 1. The minimum atomic E-state index is 0.580. The lowest BCUT2D eigenvalue weighted by Gasteiger charge is -1.99. The summed E-state index contributed by atoms with van der Waals surface area (Å²) >= 11 is 5.82. The summed E-state index contributed by atoms with van der Waals surface area (Å²) in [5.41, 5.74) is 6.27. The van der Waals surface area contributed by atoms with E-state index in [-0.39, 0.29) is 0 Å². The van der Waals surface area contributed by atoms with E-state index in [1.807, 2.05) is 32.0 Å². The largest absolute Gasteiger partial charge is 0.260 e. The van der Waals surface area contributed by atoms with E-state index in [4.69, 9.17) is 11.6 Å². The lowest BCUT2D eigenvalue weighted by atomic mass is 10.2. The fourth-order valence-corrected chi connectivity index (χ4v) is 2.21. The lowest BCUT2D eigenvalue weighted by Crippen LogP contribution is -1.86. The number of nitrogens with one attached hydrogen (secondary N) is 2. The summed E-state index contributed by atoms with van der Waals surface area (Å²) in [5.74, 6) is 0.580. The van der Waals surface area contributed by atoms with Gasteiger partial charge in [0.2, 0.25) is 0 Å².